The number of aryl methyl sites for hydroxylation is 1. The molecular formula is C17H14BrN3O3S. The second-order valence-corrected chi connectivity index (χ2v) is 7.29. The zero-order valence-electron chi connectivity index (χ0n) is 13.3. The second-order valence-electron chi connectivity index (χ2n) is 5.37. The molecule has 3 aromatic rings. The number of halogens is 1. The minimum Gasteiger partial charge on any atom is -0.316 e. The van der Waals surface area contributed by atoms with E-state index in [1.807, 2.05) is 11.5 Å². The molecule has 128 valence electrons. The minimum atomic E-state index is -0.423. The van der Waals surface area contributed by atoms with Crippen molar-refractivity contribution in [1.82, 2.24) is 4.57 Å². The molecule has 1 aromatic heterocycles. The summed E-state index contributed by atoms with van der Waals surface area (Å²) in [6.07, 6.45) is 0.864. The van der Waals surface area contributed by atoms with Gasteiger partial charge in [-0.05, 0) is 36.8 Å². The second kappa shape index (κ2) is 7.28. The number of aromatic nitrogens is 1. The van der Waals surface area contributed by atoms with Gasteiger partial charge >= 0.3 is 0 Å². The van der Waals surface area contributed by atoms with Crippen LogP contribution < -0.4 is 4.80 Å². The first-order chi connectivity index (χ1) is 12.0. The summed E-state index contributed by atoms with van der Waals surface area (Å²) in [6, 6.07) is 11.7. The average molecular weight is 420 g/mol. The first kappa shape index (κ1) is 17.5. The molecule has 0 aliphatic heterocycles. The van der Waals surface area contributed by atoms with E-state index in [2.05, 4.69) is 20.9 Å². The zero-order chi connectivity index (χ0) is 18.0. The first-order valence-corrected chi connectivity index (χ1v) is 9.23. The molecule has 0 fully saturated rings. The van der Waals surface area contributed by atoms with Gasteiger partial charge in [-0.15, -0.1) is 0 Å². The van der Waals surface area contributed by atoms with Gasteiger partial charge < -0.3 is 4.57 Å². The van der Waals surface area contributed by atoms with E-state index in [4.69, 9.17) is 0 Å². The molecule has 2 aromatic carbocycles. The largest absolute Gasteiger partial charge is 0.316 e. The van der Waals surface area contributed by atoms with E-state index in [1.54, 1.807) is 30.3 Å². The van der Waals surface area contributed by atoms with E-state index in [-0.39, 0.29) is 11.6 Å². The molecule has 0 bridgehead atoms. The van der Waals surface area contributed by atoms with Crippen molar-refractivity contribution in [2.75, 3.05) is 0 Å². The quantitative estimate of drug-likeness (QED) is 0.460. The maximum Gasteiger partial charge on any atom is 0.279 e. The monoisotopic (exact) mass is 419 g/mol. The van der Waals surface area contributed by atoms with Crippen LogP contribution in [0.2, 0.25) is 0 Å². The summed E-state index contributed by atoms with van der Waals surface area (Å²) >= 11 is 4.62. The molecule has 0 aliphatic rings. The van der Waals surface area contributed by atoms with Gasteiger partial charge in [0.05, 0.1) is 15.1 Å². The molecule has 0 spiro atoms. The lowest BCUT2D eigenvalue weighted by molar-refractivity contribution is -0.384. The predicted octanol–water partition coefficient (Wildman–Crippen LogP) is 4.52. The zero-order valence-corrected chi connectivity index (χ0v) is 15.7. The number of non-ortho nitro benzene ring substituents is 1. The fourth-order valence-corrected chi connectivity index (χ4v) is 3.80. The molecule has 8 heteroatoms. The highest BCUT2D eigenvalue weighted by Gasteiger charge is 2.13. The Balaban J connectivity index is 2.13. The van der Waals surface area contributed by atoms with Crippen molar-refractivity contribution in [3.8, 4) is 0 Å². The van der Waals surface area contributed by atoms with E-state index >= 15 is 0 Å². The molecule has 0 radical (unpaired) electrons. The highest BCUT2D eigenvalue weighted by atomic mass is 79.9. The van der Waals surface area contributed by atoms with E-state index in [0.29, 0.717) is 16.9 Å². The topological polar surface area (TPSA) is 77.5 Å². The summed E-state index contributed by atoms with van der Waals surface area (Å²) in [5.74, 6) is -0.335. The van der Waals surface area contributed by atoms with Gasteiger partial charge in [0, 0.05) is 28.7 Å². The first-order valence-electron chi connectivity index (χ1n) is 7.62. The molecule has 0 saturated carbocycles. The third-order valence-electron chi connectivity index (χ3n) is 3.61. The highest BCUT2D eigenvalue weighted by molar-refractivity contribution is 9.10. The van der Waals surface area contributed by atoms with Crippen LogP contribution in [-0.4, -0.2) is 15.4 Å². The molecule has 0 N–H and O–H groups in total. The van der Waals surface area contributed by atoms with Crippen molar-refractivity contribution < 1.29 is 9.72 Å². The maximum atomic E-state index is 12.4. The maximum absolute atomic E-state index is 12.4. The molecule has 25 heavy (non-hydrogen) atoms. The SMILES string of the molecule is CCCn1c(=NC(=O)c2ccc(Br)cc2)sc2cc([N+](=O)[O-])ccc21. The smallest absolute Gasteiger partial charge is 0.279 e. The van der Waals surface area contributed by atoms with Gasteiger partial charge in [-0.2, -0.15) is 4.99 Å². The summed E-state index contributed by atoms with van der Waals surface area (Å²) in [4.78, 5) is 27.8. The Bertz CT molecular complexity index is 1020. The van der Waals surface area contributed by atoms with E-state index in [9.17, 15) is 14.9 Å². The van der Waals surface area contributed by atoms with Crippen molar-refractivity contribution >= 4 is 49.1 Å². The van der Waals surface area contributed by atoms with Crippen molar-refractivity contribution in [3.63, 3.8) is 0 Å². The number of carbonyl (C=O) groups excluding carboxylic acids is 1. The van der Waals surface area contributed by atoms with Crippen molar-refractivity contribution in [2.45, 2.75) is 19.9 Å². The average Bonchev–Trinajstić information content (AvgIpc) is 2.92. The Kier molecular flexibility index (Phi) is 5.10. The summed E-state index contributed by atoms with van der Waals surface area (Å²) in [5, 5.41) is 11.0. The van der Waals surface area contributed by atoms with Crippen LogP contribution in [0.4, 0.5) is 5.69 Å². The lowest BCUT2D eigenvalue weighted by Crippen LogP contribution is -2.16. The van der Waals surface area contributed by atoms with Crippen LogP contribution in [-0.2, 0) is 6.54 Å². The number of nitrogens with zero attached hydrogens (tertiary/aromatic N) is 3. The lowest BCUT2D eigenvalue weighted by atomic mass is 10.2. The van der Waals surface area contributed by atoms with Crippen LogP contribution in [0.15, 0.2) is 51.9 Å². The number of benzene rings is 2. The number of carbonyl (C=O) groups is 1. The Hall–Kier alpha value is -2.32. The van der Waals surface area contributed by atoms with Gasteiger partial charge in [0.2, 0.25) is 0 Å². The van der Waals surface area contributed by atoms with E-state index in [1.165, 1.54) is 23.5 Å². The van der Waals surface area contributed by atoms with Gasteiger partial charge in [0.25, 0.3) is 11.6 Å². The molecular weight excluding hydrogens is 406 g/mol. The van der Waals surface area contributed by atoms with Crippen LogP contribution in [0.3, 0.4) is 0 Å². The number of thiazole rings is 1. The van der Waals surface area contributed by atoms with Gasteiger partial charge in [0.15, 0.2) is 4.80 Å². The van der Waals surface area contributed by atoms with Crippen LogP contribution in [0.5, 0.6) is 0 Å². The Morgan fingerprint density at radius 3 is 2.64 bits per heavy atom. The number of nitro benzene ring substituents is 1. The molecule has 1 amide bonds. The number of rotatable bonds is 4. The standard InChI is InChI=1S/C17H14BrN3O3S/c1-2-9-20-14-8-7-13(21(23)24)10-15(14)25-17(20)19-16(22)11-3-5-12(18)6-4-11/h3-8,10H,2,9H2,1H3. The minimum absolute atomic E-state index is 0.0307. The fraction of sp³-hybridized carbons (Fsp3) is 0.176. The molecule has 1 heterocycles. The molecule has 0 saturated heterocycles. The Morgan fingerprint density at radius 2 is 2.00 bits per heavy atom. The van der Waals surface area contributed by atoms with Crippen LogP contribution in [0, 0.1) is 10.1 Å². The normalized spacial score (nSPS) is 11.8. The Morgan fingerprint density at radius 1 is 1.28 bits per heavy atom. The van der Waals surface area contributed by atoms with Crippen LogP contribution in [0.25, 0.3) is 10.2 Å². The van der Waals surface area contributed by atoms with Gasteiger partial charge in [-0.3, -0.25) is 14.9 Å². The van der Waals surface area contributed by atoms with Crippen molar-refractivity contribution in [2.24, 2.45) is 4.99 Å². The van der Waals surface area contributed by atoms with Crippen molar-refractivity contribution in [3.05, 3.63) is 67.4 Å². The summed E-state index contributed by atoms with van der Waals surface area (Å²) in [5.41, 5.74) is 1.37. The molecule has 0 aliphatic carbocycles. The molecule has 3 rings (SSSR count). The van der Waals surface area contributed by atoms with Gasteiger partial charge in [-0.25, -0.2) is 0 Å². The molecule has 0 atom stereocenters. The third-order valence-corrected chi connectivity index (χ3v) is 5.18. The molecule has 6 nitrogen and oxygen atoms in total. The van der Waals surface area contributed by atoms with Gasteiger partial charge in [-0.1, -0.05) is 34.2 Å². The van der Waals surface area contributed by atoms with Gasteiger partial charge in [0.1, 0.15) is 0 Å². The summed E-state index contributed by atoms with van der Waals surface area (Å²) < 4.78 is 3.56. The summed E-state index contributed by atoms with van der Waals surface area (Å²) in [6.45, 7) is 2.71. The van der Waals surface area contributed by atoms with Crippen LogP contribution >= 0.6 is 27.3 Å². The number of hydrogen-bond acceptors (Lipinski definition) is 4. The fourth-order valence-electron chi connectivity index (χ4n) is 2.44. The van der Waals surface area contributed by atoms with Crippen LogP contribution in [0.1, 0.15) is 23.7 Å². The highest BCUT2D eigenvalue weighted by Crippen LogP contribution is 2.23. The van der Waals surface area contributed by atoms with E-state index in [0.717, 1.165) is 21.1 Å². The third kappa shape index (κ3) is 3.69. The Labute approximate surface area is 155 Å². The number of fused-ring (bicyclic) bond motifs is 1. The lowest BCUT2D eigenvalue weighted by Gasteiger charge is -2.02. The summed E-state index contributed by atoms with van der Waals surface area (Å²) in [7, 11) is 0. The predicted molar refractivity (Wildman–Crippen MR) is 101 cm³/mol. The number of hydrogen-bond donors (Lipinski definition) is 0. The number of nitro groups is 1. The van der Waals surface area contributed by atoms with E-state index < -0.39 is 4.92 Å². The number of amides is 1. The molecule has 0 unspecified atom stereocenters. The van der Waals surface area contributed by atoms with Crippen molar-refractivity contribution in [1.29, 1.82) is 0 Å².